The SMILES string of the molecule is CCC(=O)COC(=O)C1CCCCC1. The number of Topliss-reactive ketones (excluding diaryl/α,β-unsaturated/α-hetero) is 1. The predicted molar refractivity (Wildman–Crippen MR) is 52.8 cm³/mol. The van der Waals surface area contributed by atoms with Crippen molar-refractivity contribution < 1.29 is 14.3 Å². The van der Waals surface area contributed by atoms with Crippen LogP contribution in [0.15, 0.2) is 0 Å². The van der Waals surface area contributed by atoms with Crippen molar-refractivity contribution in [2.45, 2.75) is 45.4 Å². The Morgan fingerprint density at radius 1 is 1.21 bits per heavy atom. The molecule has 0 atom stereocenters. The van der Waals surface area contributed by atoms with Crippen LogP contribution in [0.5, 0.6) is 0 Å². The van der Waals surface area contributed by atoms with Crippen molar-refractivity contribution >= 4 is 11.8 Å². The number of esters is 1. The van der Waals surface area contributed by atoms with Gasteiger partial charge in [-0.15, -0.1) is 0 Å². The highest BCUT2D eigenvalue weighted by Gasteiger charge is 2.22. The van der Waals surface area contributed by atoms with Gasteiger partial charge in [-0.2, -0.15) is 0 Å². The van der Waals surface area contributed by atoms with Crippen LogP contribution in [0, 0.1) is 5.92 Å². The van der Waals surface area contributed by atoms with E-state index in [1.54, 1.807) is 6.92 Å². The van der Waals surface area contributed by atoms with Crippen LogP contribution < -0.4 is 0 Å². The molecular formula is C11H18O3. The summed E-state index contributed by atoms with van der Waals surface area (Å²) in [4.78, 5) is 22.4. The Bertz CT molecular complexity index is 205. The quantitative estimate of drug-likeness (QED) is 0.650. The summed E-state index contributed by atoms with van der Waals surface area (Å²) in [6.45, 7) is 1.74. The van der Waals surface area contributed by atoms with Gasteiger partial charge in [-0.25, -0.2) is 0 Å². The summed E-state index contributed by atoms with van der Waals surface area (Å²) in [7, 11) is 0. The highest BCUT2D eigenvalue weighted by Crippen LogP contribution is 2.24. The Labute approximate surface area is 84.8 Å². The molecular weight excluding hydrogens is 180 g/mol. The average Bonchev–Trinajstić information content (AvgIpc) is 2.26. The largest absolute Gasteiger partial charge is 0.457 e. The van der Waals surface area contributed by atoms with Crippen LogP contribution in [-0.4, -0.2) is 18.4 Å². The Balaban J connectivity index is 2.23. The fraction of sp³-hybridized carbons (Fsp3) is 0.818. The molecule has 1 aliphatic rings. The van der Waals surface area contributed by atoms with Gasteiger partial charge in [0, 0.05) is 6.42 Å². The van der Waals surface area contributed by atoms with E-state index in [0.717, 1.165) is 25.7 Å². The van der Waals surface area contributed by atoms with Crippen LogP contribution in [0.2, 0.25) is 0 Å². The van der Waals surface area contributed by atoms with Crippen LogP contribution in [-0.2, 0) is 14.3 Å². The van der Waals surface area contributed by atoms with Crippen LogP contribution in [0.1, 0.15) is 45.4 Å². The van der Waals surface area contributed by atoms with Gasteiger partial charge < -0.3 is 4.74 Å². The molecule has 0 aromatic heterocycles. The minimum Gasteiger partial charge on any atom is -0.457 e. The lowest BCUT2D eigenvalue weighted by atomic mass is 9.89. The highest BCUT2D eigenvalue weighted by atomic mass is 16.5. The van der Waals surface area contributed by atoms with E-state index in [2.05, 4.69) is 0 Å². The normalized spacial score (nSPS) is 17.8. The van der Waals surface area contributed by atoms with Gasteiger partial charge in [0.15, 0.2) is 5.78 Å². The average molecular weight is 198 g/mol. The Kier molecular flexibility index (Phi) is 4.63. The van der Waals surface area contributed by atoms with Gasteiger partial charge in [-0.05, 0) is 12.8 Å². The van der Waals surface area contributed by atoms with E-state index in [1.807, 2.05) is 0 Å². The lowest BCUT2D eigenvalue weighted by Gasteiger charge is -2.19. The van der Waals surface area contributed by atoms with E-state index in [-0.39, 0.29) is 24.3 Å². The monoisotopic (exact) mass is 198 g/mol. The first-order chi connectivity index (χ1) is 6.74. The van der Waals surface area contributed by atoms with E-state index in [9.17, 15) is 9.59 Å². The molecule has 0 aromatic rings. The summed E-state index contributed by atoms with van der Waals surface area (Å²) in [6.07, 6.45) is 5.75. The van der Waals surface area contributed by atoms with E-state index in [4.69, 9.17) is 4.74 Å². The van der Waals surface area contributed by atoms with Gasteiger partial charge in [-0.3, -0.25) is 9.59 Å². The Morgan fingerprint density at radius 3 is 2.43 bits per heavy atom. The summed E-state index contributed by atoms with van der Waals surface area (Å²) in [5.74, 6) is -0.130. The van der Waals surface area contributed by atoms with Gasteiger partial charge in [0.1, 0.15) is 6.61 Å². The first-order valence-corrected chi connectivity index (χ1v) is 5.42. The minimum absolute atomic E-state index is 0.00541. The topological polar surface area (TPSA) is 43.4 Å². The molecule has 1 saturated carbocycles. The second-order valence-electron chi connectivity index (χ2n) is 3.83. The lowest BCUT2D eigenvalue weighted by molar-refractivity contribution is -0.153. The van der Waals surface area contributed by atoms with Gasteiger partial charge >= 0.3 is 5.97 Å². The number of ether oxygens (including phenoxy) is 1. The zero-order valence-electron chi connectivity index (χ0n) is 8.75. The zero-order chi connectivity index (χ0) is 10.4. The molecule has 1 aliphatic carbocycles. The molecule has 0 unspecified atom stereocenters. The number of ketones is 1. The third kappa shape index (κ3) is 3.48. The fourth-order valence-corrected chi connectivity index (χ4v) is 1.71. The van der Waals surface area contributed by atoms with E-state index in [1.165, 1.54) is 6.42 Å². The smallest absolute Gasteiger partial charge is 0.309 e. The first-order valence-electron chi connectivity index (χ1n) is 5.42. The summed E-state index contributed by atoms with van der Waals surface area (Å²) in [6, 6.07) is 0. The molecule has 0 bridgehead atoms. The van der Waals surface area contributed by atoms with E-state index in [0.29, 0.717) is 6.42 Å². The number of carbonyl (C=O) groups excluding carboxylic acids is 2. The van der Waals surface area contributed by atoms with Gasteiger partial charge in [0.05, 0.1) is 5.92 Å². The summed E-state index contributed by atoms with van der Waals surface area (Å²) in [5.41, 5.74) is 0. The van der Waals surface area contributed by atoms with Crippen LogP contribution in [0.3, 0.4) is 0 Å². The van der Waals surface area contributed by atoms with Crippen molar-refractivity contribution in [2.24, 2.45) is 5.92 Å². The van der Waals surface area contributed by atoms with Crippen molar-refractivity contribution in [1.29, 1.82) is 0 Å². The molecule has 0 aromatic carbocycles. The van der Waals surface area contributed by atoms with Crippen molar-refractivity contribution in [3.8, 4) is 0 Å². The molecule has 0 N–H and O–H groups in total. The molecule has 3 nitrogen and oxygen atoms in total. The third-order valence-electron chi connectivity index (χ3n) is 2.71. The molecule has 0 saturated heterocycles. The highest BCUT2D eigenvalue weighted by molar-refractivity contribution is 5.82. The number of hydrogen-bond donors (Lipinski definition) is 0. The molecule has 1 fully saturated rings. The molecule has 14 heavy (non-hydrogen) atoms. The molecule has 3 heteroatoms. The van der Waals surface area contributed by atoms with Gasteiger partial charge in [0.2, 0.25) is 0 Å². The number of rotatable bonds is 4. The Morgan fingerprint density at radius 2 is 1.86 bits per heavy atom. The van der Waals surface area contributed by atoms with Crippen LogP contribution in [0.25, 0.3) is 0 Å². The second-order valence-corrected chi connectivity index (χ2v) is 3.83. The van der Waals surface area contributed by atoms with Crippen LogP contribution in [0.4, 0.5) is 0 Å². The molecule has 0 spiro atoms. The van der Waals surface area contributed by atoms with Gasteiger partial charge in [0.25, 0.3) is 0 Å². The van der Waals surface area contributed by atoms with E-state index >= 15 is 0 Å². The van der Waals surface area contributed by atoms with Crippen molar-refractivity contribution in [3.63, 3.8) is 0 Å². The second kappa shape index (κ2) is 5.78. The first kappa shape index (κ1) is 11.2. The molecule has 80 valence electrons. The van der Waals surface area contributed by atoms with Crippen molar-refractivity contribution in [2.75, 3.05) is 6.61 Å². The zero-order valence-corrected chi connectivity index (χ0v) is 8.75. The maximum atomic E-state index is 11.4. The maximum Gasteiger partial charge on any atom is 0.309 e. The molecule has 0 amide bonds. The molecule has 0 radical (unpaired) electrons. The third-order valence-corrected chi connectivity index (χ3v) is 2.71. The predicted octanol–water partition coefficient (Wildman–Crippen LogP) is 2.09. The number of carbonyl (C=O) groups is 2. The minimum atomic E-state index is -0.175. The lowest BCUT2D eigenvalue weighted by Crippen LogP contribution is -2.22. The van der Waals surface area contributed by atoms with Crippen molar-refractivity contribution in [3.05, 3.63) is 0 Å². The standard InChI is InChI=1S/C11H18O3/c1-2-10(12)8-14-11(13)9-6-4-3-5-7-9/h9H,2-8H2,1H3. The fourth-order valence-electron chi connectivity index (χ4n) is 1.71. The summed E-state index contributed by atoms with van der Waals surface area (Å²) >= 11 is 0. The van der Waals surface area contributed by atoms with E-state index < -0.39 is 0 Å². The number of hydrogen-bond acceptors (Lipinski definition) is 3. The van der Waals surface area contributed by atoms with Crippen LogP contribution >= 0.6 is 0 Å². The summed E-state index contributed by atoms with van der Waals surface area (Å²) < 4.78 is 4.95. The molecule has 0 aliphatic heterocycles. The van der Waals surface area contributed by atoms with Gasteiger partial charge in [-0.1, -0.05) is 26.2 Å². The summed E-state index contributed by atoms with van der Waals surface area (Å²) in [5, 5.41) is 0. The molecule has 1 rings (SSSR count). The maximum absolute atomic E-state index is 11.4. The molecule has 0 heterocycles. The van der Waals surface area contributed by atoms with Crippen molar-refractivity contribution in [1.82, 2.24) is 0 Å². The Hall–Kier alpha value is -0.860.